The number of aromatic nitrogens is 1. The molecule has 2 aromatic rings. The van der Waals surface area contributed by atoms with Crippen LogP contribution in [0.25, 0.3) is 0 Å². The van der Waals surface area contributed by atoms with Gasteiger partial charge in [-0.15, -0.1) is 11.3 Å². The number of halogens is 1. The predicted octanol–water partition coefficient (Wildman–Crippen LogP) is 3.90. The lowest BCUT2D eigenvalue weighted by Crippen LogP contribution is -2.09. The minimum Gasteiger partial charge on any atom is -0.329 e. The number of nitrogens with two attached hydrogens (primary N) is 1. The zero-order chi connectivity index (χ0) is 12.3. The minimum atomic E-state index is 0.267. The molecule has 90 valence electrons. The Morgan fingerprint density at radius 3 is 2.82 bits per heavy atom. The van der Waals surface area contributed by atoms with E-state index in [0.717, 1.165) is 5.03 Å². The first-order valence-corrected chi connectivity index (χ1v) is 7.36. The SMILES string of the molecule is Cc1ccsc1C(CN)Sc1ccc(Cl)cn1. The van der Waals surface area contributed by atoms with Crippen LogP contribution in [0.5, 0.6) is 0 Å². The molecule has 1 unspecified atom stereocenters. The Balaban J connectivity index is 2.16. The van der Waals surface area contributed by atoms with E-state index in [1.807, 2.05) is 12.1 Å². The van der Waals surface area contributed by atoms with Crippen LogP contribution in [0.1, 0.15) is 15.7 Å². The summed E-state index contributed by atoms with van der Waals surface area (Å²) in [5.74, 6) is 0. The molecule has 2 nitrogen and oxygen atoms in total. The second-order valence-electron chi connectivity index (χ2n) is 3.62. The number of thiophene rings is 1. The standard InChI is InChI=1S/C12H13ClN2S2/c1-8-4-5-16-12(8)10(6-14)17-11-3-2-9(13)7-15-11/h2-5,7,10H,6,14H2,1H3. The zero-order valence-corrected chi connectivity index (χ0v) is 11.8. The summed E-state index contributed by atoms with van der Waals surface area (Å²) in [5.41, 5.74) is 7.14. The van der Waals surface area contributed by atoms with Gasteiger partial charge >= 0.3 is 0 Å². The van der Waals surface area contributed by atoms with E-state index < -0.39 is 0 Å². The second-order valence-corrected chi connectivity index (χ2v) is 6.23. The van der Waals surface area contributed by atoms with Crippen molar-refractivity contribution in [2.75, 3.05) is 6.54 Å². The number of pyridine rings is 1. The maximum absolute atomic E-state index is 5.84. The number of thioether (sulfide) groups is 1. The summed E-state index contributed by atoms with van der Waals surface area (Å²) in [6.45, 7) is 2.72. The molecule has 2 heterocycles. The zero-order valence-electron chi connectivity index (χ0n) is 9.39. The van der Waals surface area contributed by atoms with Gasteiger partial charge in [0, 0.05) is 17.6 Å². The van der Waals surface area contributed by atoms with Crippen LogP contribution in [-0.4, -0.2) is 11.5 Å². The third-order valence-corrected chi connectivity index (χ3v) is 5.07. The molecule has 0 spiro atoms. The van der Waals surface area contributed by atoms with Gasteiger partial charge in [0.25, 0.3) is 0 Å². The molecule has 17 heavy (non-hydrogen) atoms. The molecular weight excluding hydrogens is 272 g/mol. The van der Waals surface area contributed by atoms with Crippen LogP contribution in [0.2, 0.25) is 5.02 Å². The summed E-state index contributed by atoms with van der Waals surface area (Å²) < 4.78 is 0. The first-order chi connectivity index (χ1) is 8.20. The minimum absolute atomic E-state index is 0.267. The Morgan fingerprint density at radius 1 is 1.47 bits per heavy atom. The first kappa shape index (κ1) is 12.9. The first-order valence-electron chi connectivity index (χ1n) is 5.23. The Morgan fingerprint density at radius 2 is 2.29 bits per heavy atom. The molecule has 2 N–H and O–H groups in total. The van der Waals surface area contributed by atoms with Gasteiger partial charge in [0.1, 0.15) is 0 Å². The van der Waals surface area contributed by atoms with Crippen molar-refractivity contribution >= 4 is 34.7 Å². The summed E-state index contributed by atoms with van der Waals surface area (Å²) in [5, 5.41) is 3.98. The molecule has 0 bridgehead atoms. The molecular formula is C12H13ClN2S2. The molecule has 0 aliphatic carbocycles. The molecule has 0 radical (unpaired) electrons. The monoisotopic (exact) mass is 284 g/mol. The number of nitrogens with zero attached hydrogens (tertiary/aromatic N) is 1. The van der Waals surface area contributed by atoms with Crippen LogP contribution in [0, 0.1) is 6.92 Å². The van der Waals surface area contributed by atoms with E-state index in [0.29, 0.717) is 11.6 Å². The fraction of sp³-hybridized carbons (Fsp3) is 0.250. The Bertz CT molecular complexity index is 482. The highest BCUT2D eigenvalue weighted by Gasteiger charge is 2.15. The van der Waals surface area contributed by atoms with Gasteiger partial charge < -0.3 is 5.73 Å². The van der Waals surface area contributed by atoms with Crippen LogP contribution in [0.3, 0.4) is 0 Å². The van der Waals surface area contributed by atoms with Crippen molar-refractivity contribution in [1.82, 2.24) is 4.98 Å². The van der Waals surface area contributed by atoms with E-state index in [-0.39, 0.29) is 5.25 Å². The van der Waals surface area contributed by atoms with Crippen molar-refractivity contribution in [1.29, 1.82) is 0 Å². The van der Waals surface area contributed by atoms with Crippen molar-refractivity contribution < 1.29 is 0 Å². The number of hydrogen-bond acceptors (Lipinski definition) is 4. The highest BCUT2D eigenvalue weighted by atomic mass is 35.5. The van der Waals surface area contributed by atoms with Crippen LogP contribution < -0.4 is 5.73 Å². The van der Waals surface area contributed by atoms with E-state index in [9.17, 15) is 0 Å². The molecule has 0 fully saturated rings. The highest BCUT2D eigenvalue weighted by molar-refractivity contribution is 7.99. The summed E-state index contributed by atoms with van der Waals surface area (Å²) in [4.78, 5) is 5.61. The number of rotatable bonds is 4. The van der Waals surface area contributed by atoms with Gasteiger partial charge in [0.2, 0.25) is 0 Å². The lowest BCUT2D eigenvalue weighted by molar-refractivity contribution is 0.945. The van der Waals surface area contributed by atoms with Crippen molar-refractivity contribution in [3.05, 3.63) is 45.2 Å². The maximum Gasteiger partial charge on any atom is 0.0967 e. The topological polar surface area (TPSA) is 38.9 Å². The Hall–Kier alpha value is -0.550. The van der Waals surface area contributed by atoms with Gasteiger partial charge in [-0.25, -0.2) is 4.98 Å². The summed E-state index contributed by atoms with van der Waals surface area (Å²) >= 11 is 9.25. The maximum atomic E-state index is 5.84. The lowest BCUT2D eigenvalue weighted by atomic mass is 10.2. The average molecular weight is 285 g/mol. The second kappa shape index (κ2) is 5.87. The molecule has 2 rings (SSSR count). The summed E-state index contributed by atoms with van der Waals surface area (Å²) in [7, 11) is 0. The lowest BCUT2D eigenvalue weighted by Gasteiger charge is -2.13. The number of hydrogen-bond donors (Lipinski definition) is 1. The van der Waals surface area contributed by atoms with E-state index in [1.54, 1.807) is 29.3 Å². The van der Waals surface area contributed by atoms with Gasteiger partial charge in [-0.2, -0.15) is 0 Å². The summed E-state index contributed by atoms with van der Waals surface area (Å²) in [6, 6.07) is 5.91. The smallest absolute Gasteiger partial charge is 0.0967 e. The molecule has 0 aliphatic heterocycles. The quantitative estimate of drug-likeness (QED) is 0.866. The molecule has 1 atom stereocenters. The van der Waals surface area contributed by atoms with Crippen LogP contribution in [-0.2, 0) is 0 Å². The van der Waals surface area contributed by atoms with E-state index in [4.69, 9.17) is 17.3 Å². The van der Waals surface area contributed by atoms with E-state index >= 15 is 0 Å². The van der Waals surface area contributed by atoms with Gasteiger partial charge in [-0.1, -0.05) is 23.4 Å². The fourth-order valence-corrected chi connectivity index (χ4v) is 3.79. The van der Waals surface area contributed by atoms with Gasteiger partial charge in [0.15, 0.2) is 0 Å². The van der Waals surface area contributed by atoms with Crippen molar-refractivity contribution in [2.45, 2.75) is 17.2 Å². The highest BCUT2D eigenvalue weighted by Crippen LogP contribution is 2.37. The largest absolute Gasteiger partial charge is 0.329 e. The van der Waals surface area contributed by atoms with Crippen molar-refractivity contribution in [2.24, 2.45) is 5.73 Å². The van der Waals surface area contributed by atoms with Gasteiger partial charge in [0.05, 0.1) is 15.3 Å². The third kappa shape index (κ3) is 3.22. The normalized spacial score (nSPS) is 12.6. The predicted molar refractivity (Wildman–Crippen MR) is 76.0 cm³/mol. The summed E-state index contributed by atoms with van der Waals surface area (Å²) in [6.07, 6.45) is 1.67. The van der Waals surface area contributed by atoms with Crippen molar-refractivity contribution in [3.63, 3.8) is 0 Å². The molecule has 5 heteroatoms. The molecule has 0 aromatic carbocycles. The third-order valence-electron chi connectivity index (χ3n) is 2.37. The Kier molecular flexibility index (Phi) is 4.45. The van der Waals surface area contributed by atoms with Gasteiger partial charge in [-0.05, 0) is 36.1 Å². The molecule has 2 aromatic heterocycles. The van der Waals surface area contributed by atoms with E-state index in [1.165, 1.54) is 10.4 Å². The number of aryl methyl sites for hydroxylation is 1. The van der Waals surface area contributed by atoms with Crippen molar-refractivity contribution in [3.8, 4) is 0 Å². The van der Waals surface area contributed by atoms with E-state index in [2.05, 4.69) is 23.4 Å². The van der Waals surface area contributed by atoms with Crippen LogP contribution in [0.4, 0.5) is 0 Å². The van der Waals surface area contributed by atoms with Gasteiger partial charge in [-0.3, -0.25) is 0 Å². The molecule has 0 aliphatic rings. The average Bonchev–Trinajstić information content (AvgIpc) is 2.75. The Labute approximate surface area is 114 Å². The fourth-order valence-electron chi connectivity index (χ4n) is 1.50. The van der Waals surface area contributed by atoms with Crippen LogP contribution >= 0.6 is 34.7 Å². The van der Waals surface area contributed by atoms with Crippen LogP contribution in [0.15, 0.2) is 34.8 Å². The molecule has 0 saturated carbocycles. The molecule has 0 amide bonds. The molecule has 0 saturated heterocycles.